The number of anilines is 1. The summed E-state index contributed by atoms with van der Waals surface area (Å²) in [4.78, 5) is 0. The van der Waals surface area contributed by atoms with Crippen molar-refractivity contribution in [1.29, 1.82) is 0 Å². The Morgan fingerprint density at radius 3 is 2.45 bits per heavy atom. The van der Waals surface area contributed by atoms with Crippen molar-refractivity contribution in [1.82, 2.24) is 5.32 Å². The van der Waals surface area contributed by atoms with E-state index in [2.05, 4.69) is 10.6 Å². The molecule has 5 heteroatoms. The summed E-state index contributed by atoms with van der Waals surface area (Å²) in [5.74, 6) is 0. The second kappa shape index (κ2) is 7.48. The summed E-state index contributed by atoms with van der Waals surface area (Å²) >= 11 is 17.0. The molecule has 0 aliphatic rings. The van der Waals surface area contributed by atoms with E-state index in [1.54, 1.807) is 0 Å². The number of hydrogen-bond acceptors (Lipinski definition) is 1. The molecular formula is C15H14Cl2N2S. The third-order valence-electron chi connectivity index (χ3n) is 2.69. The average Bonchev–Trinajstić information content (AvgIpc) is 2.41. The molecule has 104 valence electrons. The van der Waals surface area contributed by atoms with Gasteiger partial charge in [0, 0.05) is 22.3 Å². The maximum absolute atomic E-state index is 5.94. The molecule has 2 N–H and O–H groups in total. The van der Waals surface area contributed by atoms with Crippen LogP contribution in [-0.4, -0.2) is 11.7 Å². The number of thiocarbonyl (C=S) groups is 1. The molecule has 2 nitrogen and oxygen atoms in total. The van der Waals surface area contributed by atoms with Gasteiger partial charge in [-0.25, -0.2) is 0 Å². The van der Waals surface area contributed by atoms with Crippen molar-refractivity contribution in [2.24, 2.45) is 0 Å². The molecule has 0 saturated heterocycles. The van der Waals surface area contributed by atoms with Gasteiger partial charge < -0.3 is 10.6 Å². The Kier molecular flexibility index (Phi) is 5.65. The van der Waals surface area contributed by atoms with E-state index in [1.165, 1.54) is 5.56 Å². The van der Waals surface area contributed by atoms with Crippen LogP contribution >= 0.6 is 35.4 Å². The molecule has 0 fully saturated rings. The van der Waals surface area contributed by atoms with Crippen molar-refractivity contribution in [3.63, 3.8) is 0 Å². The smallest absolute Gasteiger partial charge is 0.170 e. The van der Waals surface area contributed by atoms with Gasteiger partial charge in [0.2, 0.25) is 0 Å². The van der Waals surface area contributed by atoms with Crippen LogP contribution in [0.2, 0.25) is 10.0 Å². The lowest BCUT2D eigenvalue weighted by atomic mass is 10.1. The van der Waals surface area contributed by atoms with Crippen molar-refractivity contribution >= 4 is 46.2 Å². The number of halogens is 2. The highest BCUT2D eigenvalue weighted by Crippen LogP contribution is 2.13. The van der Waals surface area contributed by atoms with Crippen molar-refractivity contribution < 1.29 is 0 Å². The van der Waals surface area contributed by atoms with Gasteiger partial charge >= 0.3 is 0 Å². The van der Waals surface area contributed by atoms with E-state index < -0.39 is 0 Å². The molecule has 0 aromatic heterocycles. The van der Waals surface area contributed by atoms with Crippen LogP contribution in [0.5, 0.6) is 0 Å². The van der Waals surface area contributed by atoms with Gasteiger partial charge in [-0.3, -0.25) is 0 Å². The minimum Gasteiger partial charge on any atom is -0.362 e. The van der Waals surface area contributed by atoms with E-state index >= 15 is 0 Å². The Morgan fingerprint density at radius 1 is 1.00 bits per heavy atom. The Bertz CT molecular complexity index is 585. The molecule has 0 bridgehead atoms. The summed E-state index contributed by atoms with van der Waals surface area (Å²) in [6, 6.07) is 15.2. The Labute approximate surface area is 134 Å². The van der Waals surface area contributed by atoms with Crippen LogP contribution < -0.4 is 10.6 Å². The van der Waals surface area contributed by atoms with Gasteiger partial charge in [-0.15, -0.1) is 0 Å². The van der Waals surface area contributed by atoms with Gasteiger partial charge in [-0.1, -0.05) is 35.3 Å². The highest BCUT2D eigenvalue weighted by atomic mass is 35.5. The average molecular weight is 325 g/mol. The second-order valence-corrected chi connectivity index (χ2v) is 5.55. The molecule has 20 heavy (non-hydrogen) atoms. The first-order valence-corrected chi connectivity index (χ1v) is 7.35. The van der Waals surface area contributed by atoms with Crippen LogP contribution in [0, 0.1) is 0 Å². The van der Waals surface area contributed by atoms with E-state index in [9.17, 15) is 0 Å². The second-order valence-electron chi connectivity index (χ2n) is 4.27. The van der Waals surface area contributed by atoms with Crippen LogP contribution in [-0.2, 0) is 6.42 Å². The van der Waals surface area contributed by atoms with Crippen LogP contribution in [0.3, 0.4) is 0 Å². The Balaban J connectivity index is 1.76. The SMILES string of the molecule is S=C(NCCc1cccc(Cl)c1)Nc1ccc(Cl)cc1. The van der Waals surface area contributed by atoms with Gasteiger partial charge in [-0.2, -0.15) is 0 Å². The fraction of sp³-hybridized carbons (Fsp3) is 0.133. The van der Waals surface area contributed by atoms with Gasteiger partial charge in [-0.05, 0) is 60.6 Å². The molecule has 0 saturated carbocycles. The van der Waals surface area contributed by atoms with Crippen LogP contribution in [0.4, 0.5) is 5.69 Å². The first kappa shape index (κ1) is 15.1. The van der Waals surface area contributed by atoms with E-state index in [0.717, 1.165) is 23.7 Å². The lowest BCUT2D eigenvalue weighted by molar-refractivity contribution is 0.873. The summed E-state index contributed by atoms with van der Waals surface area (Å²) in [5, 5.41) is 8.31. The summed E-state index contributed by atoms with van der Waals surface area (Å²) in [5.41, 5.74) is 2.09. The van der Waals surface area contributed by atoms with Crippen molar-refractivity contribution in [2.75, 3.05) is 11.9 Å². The van der Waals surface area contributed by atoms with Gasteiger partial charge in [0.15, 0.2) is 5.11 Å². The van der Waals surface area contributed by atoms with Crippen LogP contribution in [0.25, 0.3) is 0 Å². The van der Waals surface area contributed by atoms with E-state index in [0.29, 0.717) is 10.1 Å². The largest absolute Gasteiger partial charge is 0.362 e. The number of hydrogen-bond donors (Lipinski definition) is 2. The normalized spacial score (nSPS) is 10.1. The fourth-order valence-corrected chi connectivity index (χ4v) is 2.28. The first-order valence-electron chi connectivity index (χ1n) is 6.18. The number of nitrogens with one attached hydrogen (secondary N) is 2. The van der Waals surface area contributed by atoms with E-state index in [-0.39, 0.29) is 0 Å². The van der Waals surface area contributed by atoms with E-state index in [4.69, 9.17) is 35.4 Å². The monoisotopic (exact) mass is 324 g/mol. The molecule has 0 aliphatic heterocycles. The van der Waals surface area contributed by atoms with Gasteiger partial charge in [0.25, 0.3) is 0 Å². The molecule has 0 atom stereocenters. The molecule has 2 aromatic rings. The molecule has 0 amide bonds. The Hall–Kier alpha value is -1.29. The van der Waals surface area contributed by atoms with Gasteiger partial charge in [0.1, 0.15) is 0 Å². The van der Waals surface area contributed by atoms with Crippen molar-refractivity contribution in [3.8, 4) is 0 Å². The minimum absolute atomic E-state index is 0.592. The van der Waals surface area contributed by atoms with E-state index in [1.807, 2.05) is 48.5 Å². The quantitative estimate of drug-likeness (QED) is 0.808. The predicted molar refractivity (Wildman–Crippen MR) is 90.8 cm³/mol. The van der Waals surface area contributed by atoms with Crippen LogP contribution in [0.1, 0.15) is 5.56 Å². The molecule has 0 radical (unpaired) electrons. The molecule has 0 aliphatic carbocycles. The lowest BCUT2D eigenvalue weighted by Gasteiger charge is -2.10. The number of benzene rings is 2. The third kappa shape index (κ3) is 5.00. The summed E-state index contributed by atoms with van der Waals surface area (Å²) in [7, 11) is 0. The molecule has 2 aromatic carbocycles. The van der Waals surface area contributed by atoms with Crippen molar-refractivity contribution in [2.45, 2.75) is 6.42 Å². The standard InChI is InChI=1S/C15H14Cl2N2S/c16-12-4-6-14(7-5-12)19-15(20)18-9-8-11-2-1-3-13(17)10-11/h1-7,10H,8-9H2,(H2,18,19,20). The van der Waals surface area contributed by atoms with Crippen molar-refractivity contribution in [3.05, 3.63) is 64.1 Å². The zero-order valence-electron chi connectivity index (χ0n) is 10.7. The molecule has 2 rings (SSSR count). The molecule has 0 unspecified atom stereocenters. The maximum Gasteiger partial charge on any atom is 0.170 e. The molecule has 0 spiro atoms. The van der Waals surface area contributed by atoms with Crippen LogP contribution in [0.15, 0.2) is 48.5 Å². The zero-order valence-corrected chi connectivity index (χ0v) is 13.0. The third-order valence-corrected chi connectivity index (χ3v) is 3.42. The predicted octanol–water partition coefficient (Wildman–Crippen LogP) is 4.52. The first-order chi connectivity index (χ1) is 9.63. The topological polar surface area (TPSA) is 24.1 Å². The summed E-state index contributed by atoms with van der Waals surface area (Å²) in [6.07, 6.45) is 0.864. The fourth-order valence-electron chi connectivity index (χ4n) is 1.72. The maximum atomic E-state index is 5.94. The lowest BCUT2D eigenvalue weighted by Crippen LogP contribution is -2.30. The minimum atomic E-state index is 0.592. The Morgan fingerprint density at radius 2 is 1.75 bits per heavy atom. The highest BCUT2D eigenvalue weighted by Gasteiger charge is 1.98. The molecule has 0 heterocycles. The summed E-state index contributed by atoms with van der Waals surface area (Å²) in [6.45, 7) is 0.750. The van der Waals surface area contributed by atoms with Gasteiger partial charge in [0.05, 0.1) is 0 Å². The summed E-state index contributed by atoms with van der Waals surface area (Å²) < 4.78 is 0. The highest BCUT2D eigenvalue weighted by molar-refractivity contribution is 7.80. The number of rotatable bonds is 4. The zero-order chi connectivity index (χ0) is 14.4. The molecular weight excluding hydrogens is 311 g/mol.